The molecule has 2 aromatic carbocycles. The van der Waals surface area contributed by atoms with E-state index in [1.807, 2.05) is 12.1 Å². The van der Waals surface area contributed by atoms with E-state index in [2.05, 4.69) is 6.07 Å². The minimum absolute atomic E-state index is 0.0764. The lowest BCUT2D eigenvalue weighted by molar-refractivity contribution is 0.354. The lowest BCUT2D eigenvalue weighted by Crippen LogP contribution is -2.33. The molecular weight excluding hydrogens is 477 g/mol. The Kier molecular flexibility index (Phi) is 6.47. The number of rotatable bonds is 5. The van der Waals surface area contributed by atoms with Crippen LogP contribution >= 0.6 is 23.2 Å². The number of allylic oxidation sites excluding steroid dienone is 1. The van der Waals surface area contributed by atoms with Crippen LogP contribution in [0.3, 0.4) is 0 Å². The third-order valence-electron chi connectivity index (χ3n) is 5.77. The van der Waals surface area contributed by atoms with Gasteiger partial charge >= 0.3 is 0 Å². The van der Waals surface area contributed by atoms with Gasteiger partial charge in [0, 0.05) is 11.8 Å². The summed E-state index contributed by atoms with van der Waals surface area (Å²) < 4.78 is 18.0. The molecule has 0 saturated carbocycles. The molecule has 1 aromatic heterocycles. The van der Waals surface area contributed by atoms with Gasteiger partial charge in [0.15, 0.2) is 11.5 Å². The summed E-state index contributed by atoms with van der Waals surface area (Å²) in [6.07, 6.45) is 0. The smallest absolute Gasteiger partial charge is 0.259 e. The van der Waals surface area contributed by atoms with E-state index < -0.39 is 5.92 Å². The Labute approximate surface area is 206 Å². The van der Waals surface area contributed by atoms with Gasteiger partial charge in [-0.2, -0.15) is 5.26 Å². The van der Waals surface area contributed by atoms with Crippen LogP contribution in [0.15, 0.2) is 58.7 Å². The number of pyridine rings is 1. The predicted octanol–water partition coefficient (Wildman–Crippen LogP) is 4.75. The van der Waals surface area contributed by atoms with Crippen LogP contribution in [0.2, 0.25) is 10.0 Å². The third kappa shape index (κ3) is 3.96. The van der Waals surface area contributed by atoms with Crippen LogP contribution < -0.4 is 25.5 Å². The van der Waals surface area contributed by atoms with Gasteiger partial charge in [-0.15, -0.1) is 0 Å². The van der Waals surface area contributed by atoms with E-state index in [0.717, 1.165) is 5.56 Å². The number of nitrogens with zero attached hydrogens (tertiary/aromatic N) is 2. The maximum absolute atomic E-state index is 13.8. The summed E-state index contributed by atoms with van der Waals surface area (Å²) in [5.41, 5.74) is 8.07. The molecule has 2 heterocycles. The molecule has 7 nitrogen and oxygen atoms in total. The molecule has 174 valence electrons. The number of nitrogens with two attached hydrogens (primary N) is 1. The first kappa shape index (κ1) is 23.6. The second kappa shape index (κ2) is 9.34. The molecule has 0 bridgehead atoms. The number of hydrogen-bond acceptors (Lipinski definition) is 6. The van der Waals surface area contributed by atoms with Crippen molar-refractivity contribution in [2.75, 3.05) is 14.2 Å². The van der Waals surface area contributed by atoms with Crippen LogP contribution in [0.1, 0.15) is 28.3 Å². The molecule has 34 heavy (non-hydrogen) atoms. The van der Waals surface area contributed by atoms with Crippen molar-refractivity contribution in [3.8, 4) is 23.3 Å². The van der Waals surface area contributed by atoms with Gasteiger partial charge in [0.05, 0.1) is 42.3 Å². The van der Waals surface area contributed by atoms with Gasteiger partial charge in [0.25, 0.3) is 5.56 Å². The van der Waals surface area contributed by atoms with Crippen molar-refractivity contribution in [1.29, 1.82) is 5.26 Å². The van der Waals surface area contributed by atoms with Crippen molar-refractivity contribution in [3.05, 3.63) is 96.7 Å². The van der Waals surface area contributed by atoms with E-state index in [-0.39, 0.29) is 39.9 Å². The Hall–Kier alpha value is -3.60. The highest BCUT2D eigenvalue weighted by Crippen LogP contribution is 2.44. The summed E-state index contributed by atoms with van der Waals surface area (Å²) in [5.74, 6) is 0.517. The number of fused-ring (bicyclic) bond motifs is 1. The number of aromatic nitrogens is 1. The van der Waals surface area contributed by atoms with Crippen molar-refractivity contribution in [3.63, 3.8) is 0 Å². The van der Waals surface area contributed by atoms with E-state index in [0.29, 0.717) is 27.8 Å². The summed E-state index contributed by atoms with van der Waals surface area (Å²) >= 11 is 12.7. The number of ether oxygens (including phenoxy) is 3. The molecule has 0 aliphatic carbocycles. The minimum Gasteiger partial charge on any atom is -0.493 e. The standard InChI is InChI=1S/C25H21Cl2N3O4/c1-13-9-20-22(25(31)30(13)12-14-7-8-18(32-2)19(10-14)33-3)21(16(11-28)24(29)34-20)15-5-4-6-17(26)23(15)27/h4-10,21H,12,29H2,1-3H3. The zero-order valence-electron chi connectivity index (χ0n) is 18.7. The highest BCUT2D eigenvalue weighted by Gasteiger charge is 2.35. The van der Waals surface area contributed by atoms with E-state index in [4.69, 9.17) is 43.1 Å². The van der Waals surface area contributed by atoms with Gasteiger partial charge in [-0.1, -0.05) is 41.4 Å². The fourth-order valence-corrected chi connectivity index (χ4v) is 4.52. The second-order valence-corrected chi connectivity index (χ2v) is 8.50. The Morgan fingerprint density at radius 3 is 2.56 bits per heavy atom. The van der Waals surface area contributed by atoms with Crippen molar-refractivity contribution in [2.45, 2.75) is 19.4 Å². The quantitative estimate of drug-likeness (QED) is 0.545. The molecule has 0 fully saturated rings. The number of nitriles is 1. The summed E-state index contributed by atoms with van der Waals surface area (Å²) in [6, 6.07) is 14.3. The fraction of sp³-hybridized carbons (Fsp3) is 0.200. The number of hydrogen-bond donors (Lipinski definition) is 1. The van der Waals surface area contributed by atoms with Crippen molar-refractivity contribution < 1.29 is 14.2 Å². The van der Waals surface area contributed by atoms with Crippen LogP contribution in [0.5, 0.6) is 17.2 Å². The first-order valence-electron chi connectivity index (χ1n) is 10.3. The number of benzene rings is 2. The van der Waals surface area contributed by atoms with E-state index in [1.54, 1.807) is 56.0 Å². The van der Waals surface area contributed by atoms with E-state index in [9.17, 15) is 10.1 Å². The Bertz CT molecular complexity index is 1420. The number of methoxy groups -OCH3 is 2. The summed E-state index contributed by atoms with van der Waals surface area (Å²) in [7, 11) is 3.11. The lowest BCUT2D eigenvalue weighted by Gasteiger charge is -2.28. The lowest BCUT2D eigenvalue weighted by atomic mass is 9.84. The average Bonchev–Trinajstić information content (AvgIpc) is 2.82. The average molecular weight is 498 g/mol. The molecule has 0 amide bonds. The Balaban J connectivity index is 1.91. The molecule has 0 saturated heterocycles. The third-order valence-corrected chi connectivity index (χ3v) is 6.60. The molecule has 1 unspecified atom stereocenters. The molecule has 0 radical (unpaired) electrons. The van der Waals surface area contributed by atoms with Crippen LogP contribution in [-0.4, -0.2) is 18.8 Å². The summed E-state index contributed by atoms with van der Waals surface area (Å²) in [5, 5.41) is 10.4. The molecular formula is C25H21Cl2N3O4. The topological polar surface area (TPSA) is 99.5 Å². The molecule has 9 heteroatoms. The predicted molar refractivity (Wildman–Crippen MR) is 130 cm³/mol. The number of aryl methyl sites for hydroxylation is 1. The number of halogens is 2. The zero-order valence-corrected chi connectivity index (χ0v) is 20.2. The fourth-order valence-electron chi connectivity index (χ4n) is 4.10. The zero-order chi connectivity index (χ0) is 24.6. The van der Waals surface area contributed by atoms with E-state index in [1.165, 1.54) is 0 Å². The van der Waals surface area contributed by atoms with Gasteiger partial charge < -0.3 is 24.5 Å². The molecule has 1 aliphatic heterocycles. The SMILES string of the molecule is COc1ccc(Cn2c(C)cc3c(c2=O)C(c2cccc(Cl)c2Cl)C(C#N)=C(N)O3)cc1OC. The monoisotopic (exact) mass is 497 g/mol. The van der Waals surface area contributed by atoms with Crippen LogP contribution in [0.4, 0.5) is 0 Å². The normalized spacial score (nSPS) is 14.8. The van der Waals surface area contributed by atoms with E-state index >= 15 is 0 Å². The van der Waals surface area contributed by atoms with Crippen molar-refractivity contribution in [2.24, 2.45) is 5.73 Å². The van der Waals surface area contributed by atoms with Gasteiger partial charge in [-0.05, 0) is 36.2 Å². The molecule has 2 N–H and O–H groups in total. The van der Waals surface area contributed by atoms with Gasteiger partial charge in [0.2, 0.25) is 5.88 Å². The van der Waals surface area contributed by atoms with Crippen LogP contribution in [0, 0.1) is 18.3 Å². The van der Waals surface area contributed by atoms with Gasteiger partial charge in [0.1, 0.15) is 17.4 Å². The Morgan fingerprint density at radius 2 is 1.88 bits per heavy atom. The van der Waals surface area contributed by atoms with Gasteiger partial charge in [-0.25, -0.2) is 0 Å². The maximum Gasteiger partial charge on any atom is 0.259 e. The first-order valence-corrected chi connectivity index (χ1v) is 11.0. The largest absolute Gasteiger partial charge is 0.493 e. The maximum atomic E-state index is 13.8. The molecule has 4 rings (SSSR count). The molecule has 0 spiro atoms. The Morgan fingerprint density at radius 1 is 1.15 bits per heavy atom. The highest BCUT2D eigenvalue weighted by atomic mass is 35.5. The summed E-state index contributed by atoms with van der Waals surface area (Å²) in [4.78, 5) is 13.8. The van der Waals surface area contributed by atoms with Crippen LogP contribution in [-0.2, 0) is 6.54 Å². The van der Waals surface area contributed by atoms with Gasteiger partial charge in [-0.3, -0.25) is 4.79 Å². The van der Waals surface area contributed by atoms with Crippen molar-refractivity contribution >= 4 is 23.2 Å². The summed E-state index contributed by atoms with van der Waals surface area (Å²) in [6.45, 7) is 2.06. The minimum atomic E-state index is -0.829. The highest BCUT2D eigenvalue weighted by molar-refractivity contribution is 6.42. The molecule has 1 atom stereocenters. The first-order chi connectivity index (χ1) is 16.3. The second-order valence-electron chi connectivity index (χ2n) is 7.71. The van der Waals surface area contributed by atoms with Crippen molar-refractivity contribution in [1.82, 2.24) is 4.57 Å². The molecule has 1 aliphatic rings. The molecule has 3 aromatic rings. The van der Waals surface area contributed by atoms with Crippen LogP contribution in [0.25, 0.3) is 0 Å².